The molecule has 3 aromatic carbocycles. The van der Waals surface area contributed by atoms with E-state index in [-0.39, 0.29) is 19.8 Å². The van der Waals surface area contributed by atoms with Gasteiger partial charge in [0.25, 0.3) is 0 Å². The Labute approximate surface area is 269 Å². The number of hydrogen-bond donors (Lipinski definition) is 0. The van der Waals surface area contributed by atoms with Crippen molar-refractivity contribution >= 4 is 32.7 Å². The maximum Gasteiger partial charge on any atom is 2.00 e. The molecular weight excluding hydrogens is 745 g/mol. The first kappa shape index (κ1) is 31.0. The van der Waals surface area contributed by atoms with Crippen LogP contribution in [0.25, 0.3) is 61.2 Å². The van der Waals surface area contributed by atoms with Crippen molar-refractivity contribution in [2.75, 3.05) is 33.7 Å². The molecule has 216 valence electrons. The average Bonchev–Trinajstić information content (AvgIpc) is 3.42. The molecule has 6 rings (SSSR count). The Bertz CT molecular complexity index is 1870. The van der Waals surface area contributed by atoms with E-state index in [0.29, 0.717) is 0 Å². The molecule has 0 fully saturated rings. The van der Waals surface area contributed by atoms with Crippen LogP contribution in [0.15, 0.2) is 103 Å². The summed E-state index contributed by atoms with van der Waals surface area (Å²) >= 11 is 0. The van der Waals surface area contributed by atoms with Gasteiger partial charge in [0.15, 0.2) is 8.15 Å². The fourth-order valence-corrected chi connectivity index (χ4v) is 6.91. The van der Waals surface area contributed by atoms with Gasteiger partial charge in [-0.2, -0.15) is 0 Å². The van der Waals surface area contributed by atoms with E-state index in [0.717, 1.165) is 50.7 Å². The molecule has 3 aromatic heterocycles. The molecule has 0 saturated heterocycles. The Morgan fingerprint density at radius 1 is 0.698 bits per heavy atom. The molecule has 0 saturated carbocycles. The molecule has 6 aromatic rings. The van der Waals surface area contributed by atoms with Gasteiger partial charge in [-0.3, -0.25) is 4.98 Å². The number of para-hydroxylation sites is 1. The van der Waals surface area contributed by atoms with E-state index in [4.69, 9.17) is 14.5 Å². The summed E-state index contributed by atoms with van der Waals surface area (Å²) in [5, 5.41) is 6.73. The normalized spacial score (nSPS) is 11.1. The molecule has 43 heavy (non-hydrogen) atoms. The molecule has 0 atom stereocenters. The Kier molecular flexibility index (Phi) is 9.74. The molecule has 0 N–H and O–H groups in total. The smallest absolute Gasteiger partial charge is 0.686 e. The van der Waals surface area contributed by atoms with Gasteiger partial charge in [-0.1, -0.05) is 78.4 Å². The van der Waals surface area contributed by atoms with Crippen LogP contribution < -0.4 is 4.52 Å². The van der Waals surface area contributed by atoms with E-state index in [1.54, 1.807) is 7.05 Å². The van der Waals surface area contributed by atoms with Crippen LogP contribution >= 0.6 is 16.2 Å². The van der Waals surface area contributed by atoms with Crippen LogP contribution in [0.3, 0.4) is 0 Å². The van der Waals surface area contributed by atoms with Gasteiger partial charge in [-0.15, -0.1) is 29.6 Å². The van der Waals surface area contributed by atoms with E-state index in [1.807, 2.05) is 36.4 Å². The molecule has 0 amide bonds. The topological polar surface area (TPSA) is 54.0 Å². The Morgan fingerprint density at radius 3 is 2.12 bits per heavy atom. The van der Waals surface area contributed by atoms with Crippen LogP contribution in [0.2, 0.25) is 0 Å². The van der Waals surface area contributed by atoms with Gasteiger partial charge in [-0.05, 0) is 47.3 Å². The third kappa shape index (κ3) is 6.30. The van der Waals surface area contributed by atoms with Crippen molar-refractivity contribution in [3.8, 4) is 50.9 Å². The average molecular weight is 779 g/mol. The number of benzene rings is 3. The molecule has 0 spiro atoms. The fraction of sp³-hybridized carbons (Fsp3) is 0.143. The largest absolute Gasteiger partial charge is 2.00 e. The monoisotopic (exact) mass is 780 g/mol. The molecule has 5 nitrogen and oxygen atoms in total. The van der Waals surface area contributed by atoms with Crippen molar-refractivity contribution in [1.82, 2.24) is 14.3 Å². The number of rotatable bonds is 8. The van der Waals surface area contributed by atoms with Crippen molar-refractivity contribution in [2.24, 2.45) is 0 Å². The van der Waals surface area contributed by atoms with Crippen LogP contribution in [0.4, 0.5) is 5.69 Å². The van der Waals surface area contributed by atoms with Crippen molar-refractivity contribution in [3.05, 3.63) is 115 Å². The van der Waals surface area contributed by atoms with Gasteiger partial charge in [-0.25, -0.2) is 4.98 Å². The maximum atomic E-state index is 6.33. The van der Waals surface area contributed by atoms with Crippen LogP contribution in [0.5, 0.6) is 5.75 Å². The van der Waals surface area contributed by atoms with E-state index < -0.39 is 16.2 Å². The molecular formula is C35H34N4OOsP2+2. The van der Waals surface area contributed by atoms with E-state index in [1.165, 1.54) is 16.6 Å². The summed E-state index contributed by atoms with van der Waals surface area (Å²) in [5.41, 5.74) is 8.58. The Balaban J connectivity index is 0.00000368. The number of aromatic nitrogens is 3. The first-order valence-electron chi connectivity index (χ1n) is 14.0. The van der Waals surface area contributed by atoms with Crippen LogP contribution in [-0.2, 0) is 19.8 Å². The Hall–Kier alpha value is -3.40. The second-order valence-electron chi connectivity index (χ2n) is 10.5. The summed E-state index contributed by atoms with van der Waals surface area (Å²) < 4.78 is 8.67. The summed E-state index contributed by atoms with van der Waals surface area (Å²) in [6.07, 6.45) is 3.74. The summed E-state index contributed by atoms with van der Waals surface area (Å²) in [4.78, 5) is 10.3. The fourth-order valence-electron chi connectivity index (χ4n) is 5.27. The maximum absolute atomic E-state index is 6.33. The Morgan fingerprint density at radius 2 is 1.37 bits per heavy atom. The quantitative estimate of drug-likeness (QED) is 0.114. The number of pyridine rings is 2. The van der Waals surface area contributed by atoms with Crippen molar-refractivity contribution in [3.63, 3.8) is 0 Å². The second-order valence-corrected chi connectivity index (χ2v) is 14.9. The zero-order chi connectivity index (χ0) is 29.2. The van der Waals surface area contributed by atoms with Gasteiger partial charge in [0.1, 0.15) is 5.69 Å². The summed E-state index contributed by atoms with van der Waals surface area (Å²) in [6.45, 7) is 8.85. The van der Waals surface area contributed by atoms with Crippen molar-refractivity contribution in [2.45, 2.75) is 0 Å². The SMILES string of the molecule is C[N-]c1ccccc1-c1ccc(O[PH+](C)C)c(-c2cccc(-c3cccc4c(-c5ccccc5)n([PH+](C)C)[c-]c34)n2)n1.[Os+2]. The molecule has 0 unspecified atom stereocenters. The minimum atomic E-state index is -1.02. The van der Waals surface area contributed by atoms with E-state index in [9.17, 15) is 0 Å². The number of fused-ring (bicyclic) bond motifs is 1. The van der Waals surface area contributed by atoms with Crippen molar-refractivity contribution in [1.29, 1.82) is 0 Å². The summed E-state index contributed by atoms with van der Waals surface area (Å²) in [5.74, 6) is 0.750. The van der Waals surface area contributed by atoms with Gasteiger partial charge >= 0.3 is 19.8 Å². The number of hydrogen-bond acceptors (Lipinski definition) is 3. The molecule has 0 aliphatic carbocycles. The van der Waals surface area contributed by atoms with Crippen LogP contribution in [0.1, 0.15) is 0 Å². The third-order valence-corrected chi connectivity index (χ3v) is 8.98. The first-order valence-corrected chi connectivity index (χ1v) is 18.9. The minimum Gasteiger partial charge on any atom is -0.686 e. The van der Waals surface area contributed by atoms with Crippen molar-refractivity contribution < 1.29 is 24.3 Å². The minimum absolute atomic E-state index is 0. The summed E-state index contributed by atoms with van der Waals surface area (Å²) in [6, 6.07) is 35.3. The van der Waals surface area contributed by atoms with Crippen LogP contribution in [-0.4, -0.2) is 48.0 Å². The van der Waals surface area contributed by atoms with Crippen LogP contribution in [0, 0.1) is 6.20 Å². The molecule has 0 aliphatic heterocycles. The molecule has 0 radical (unpaired) electrons. The molecule has 3 heterocycles. The predicted molar refractivity (Wildman–Crippen MR) is 183 cm³/mol. The molecule has 0 bridgehead atoms. The molecule has 0 aliphatic rings. The van der Waals surface area contributed by atoms with E-state index >= 15 is 0 Å². The first-order chi connectivity index (χ1) is 20.4. The zero-order valence-corrected chi connectivity index (χ0v) is 29.4. The van der Waals surface area contributed by atoms with E-state index in [2.05, 4.69) is 109 Å². The molecule has 8 heteroatoms. The van der Waals surface area contributed by atoms with Gasteiger partial charge < -0.3 is 14.2 Å². The van der Waals surface area contributed by atoms with Gasteiger partial charge in [0.05, 0.1) is 46.1 Å². The van der Waals surface area contributed by atoms with Gasteiger partial charge in [0.2, 0.25) is 5.75 Å². The van der Waals surface area contributed by atoms with Gasteiger partial charge in [0, 0.05) is 5.69 Å². The standard InChI is InChI=1S/C35H32N4OP2.Os/c1-36-29-18-10-9-15-27(29)31-21-22-33(40-42(4)5)34(38-31)32-20-12-19-30(37-32)25-16-11-17-26-28(25)23-39(41(2)3)35(26)24-13-7-6-8-14-24;/h6-22H,1-5H3;/q-2;+2/p+2. The third-order valence-electron chi connectivity index (χ3n) is 7.12. The zero-order valence-electron chi connectivity index (χ0n) is 24.9. The second kappa shape index (κ2) is 13.5. The summed E-state index contributed by atoms with van der Waals surface area (Å²) in [7, 11) is -0.0596. The predicted octanol–water partition coefficient (Wildman–Crippen LogP) is 9.54. The number of nitrogens with zero attached hydrogens (tertiary/aromatic N) is 4.